The molecule has 0 bridgehead atoms. The summed E-state index contributed by atoms with van der Waals surface area (Å²) in [6.07, 6.45) is 5.39. The van der Waals surface area contributed by atoms with Gasteiger partial charge in [-0.3, -0.25) is 24.2 Å². The largest absolute Gasteiger partial charge is 0.352 e. The van der Waals surface area contributed by atoms with Crippen LogP contribution in [0.15, 0.2) is 0 Å². The second kappa shape index (κ2) is 8.75. The number of nitrogens with one attached hydrogen (secondary N) is 1. The molecule has 0 aromatic rings. The predicted molar refractivity (Wildman–Crippen MR) is 97.3 cm³/mol. The predicted octanol–water partition coefficient (Wildman–Crippen LogP) is 1.25. The number of imide groups is 1. The third kappa shape index (κ3) is 5.37. The summed E-state index contributed by atoms with van der Waals surface area (Å²) >= 11 is 0. The number of amides is 3. The fourth-order valence-electron chi connectivity index (χ4n) is 3.72. The van der Waals surface area contributed by atoms with Crippen molar-refractivity contribution in [2.45, 2.75) is 83.3 Å². The summed E-state index contributed by atoms with van der Waals surface area (Å²) in [4.78, 5) is 50.9. The van der Waals surface area contributed by atoms with Crippen LogP contribution in [0.25, 0.3) is 0 Å². The summed E-state index contributed by atoms with van der Waals surface area (Å²) in [6, 6.07) is -0.712. The SMILES string of the molecule is CC(C)(C)NC(=O)CCCCCN1C(=O)CC(N2CCC[C@H]2C=O)C1=O. The van der Waals surface area contributed by atoms with Crippen molar-refractivity contribution in [2.75, 3.05) is 13.1 Å². The van der Waals surface area contributed by atoms with E-state index in [1.165, 1.54) is 4.90 Å². The van der Waals surface area contributed by atoms with Crippen molar-refractivity contribution < 1.29 is 19.2 Å². The zero-order valence-electron chi connectivity index (χ0n) is 16.1. The number of nitrogens with zero attached hydrogens (tertiary/aromatic N) is 2. The first-order valence-corrected chi connectivity index (χ1v) is 9.59. The van der Waals surface area contributed by atoms with Crippen molar-refractivity contribution in [2.24, 2.45) is 0 Å². The molecule has 26 heavy (non-hydrogen) atoms. The molecule has 0 aromatic heterocycles. The summed E-state index contributed by atoms with van der Waals surface area (Å²) in [6.45, 7) is 6.93. The van der Waals surface area contributed by atoms with E-state index < -0.39 is 6.04 Å². The summed E-state index contributed by atoms with van der Waals surface area (Å²) in [7, 11) is 0. The van der Waals surface area contributed by atoms with Gasteiger partial charge in [0.25, 0.3) is 0 Å². The number of hydrogen-bond donors (Lipinski definition) is 1. The van der Waals surface area contributed by atoms with Crippen LogP contribution in [0.2, 0.25) is 0 Å². The second-order valence-corrected chi connectivity index (χ2v) is 8.30. The van der Waals surface area contributed by atoms with Crippen molar-refractivity contribution in [3.05, 3.63) is 0 Å². The van der Waals surface area contributed by atoms with Crippen LogP contribution in [0.3, 0.4) is 0 Å². The molecule has 1 unspecified atom stereocenters. The molecule has 0 spiro atoms. The highest BCUT2D eigenvalue weighted by atomic mass is 16.2. The van der Waals surface area contributed by atoms with Crippen LogP contribution >= 0.6 is 0 Å². The standard InChI is InChI=1S/C19H31N3O4/c1-19(2,3)20-16(24)9-5-4-6-10-22-17(25)12-15(18(22)26)21-11-7-8-14(21)13-23/h13-15H,4-12H2,1-3H3,(H,20,24)/t14-,15?/m0/s1. The molecule has 2 aliphatic heterocycles. The molecule has 0 saturated carbocycles. The molecule has 2 fully saturated rings. The first kappa shape index (κ1) is 20.6. The lowest BCUT2D eigenvalue weighted by Crippen LogP contribution is -2.45. The van der Waals surface area contributed by atoms with Crippen LogP contribution in [0.5, 0.6) is 0 Å². The van der Waals surface area contributed by atoms with Gasteiger partial charge in [-0.15, -0.1) is 0 Å². The fourth-order valence-corrected chi connectivity index (χ4v) is 3.72. The minimum atomic E-state index is -0.474. The smallest absolute Gasteiger partial charge is 0.247 e. The zero-order valence-corrected chi connectivity index (χ0v) is 16.1. The normalized spacial score (nSPS) is 24.3. The zero-order chi connectivity index (χ0) is 19.3. The second-order valence-electron chi connectivity index (χ2n) is 8.30. The Balaban J connectivity index is 1.73. The lowest BCUT2D eigenvalue weighted by atomic mass is 10.1. The Kier molecular flexibility index (Phi) is 6.92. The van der Waals surface area contributed by atoms with Gasteiger partial charge in [0.2, 0.25) is 17.7 Å². The molecule has 2 heterocycles. The Morgan fingerprint density at radius 2 is 1.96 bits per heavy atom. The number of likely N-dealkylation sites (tertiary alicyclic amines) is 2. The Labute approximate surface area is 155 Å². The van der Waals surface area contributed by atoms with Crippen LogP contribution < -0.4 is 5.32 Å². The number of aldehydes is 1. The van der Waals surface area contributed by atoms with Crippen LogP contribution in [0.4, 0.5) is 0 Å². The van der Waals surface area contributed by atoms with Crippen molar-refractivity contribution in [3.8, 4) is 0 Å². The minimum Gasteiger partial charge on any atom is -0.352 e. The number of carbonyl (C=O) groups excluding carboxylic acids is 4. The number of unbranched alkanes of at least 4 members (excludes halogenated alkanes) is 2. The van der Waals surface area contributed by atoms with E-state index in [0.29, 0.717) is 25.9 Å². The van der Waals surface area contributed by atoms with Crippen LogP contribution in [0.1, 0.15) is 65.7 Å². The maximum Gasteiger partial charge on any atom is 0.247 e. The van der Waals surface area contributed by atoms with Crippen molar-refractivity contribution in [1.29, 1.82) is 0 Å². The Hall–Kier alpha value is -1.76. The van der Waals surface area contributed by atoms with Gasteiger partial charge >= 0.3 is 0 Å². The first-order chi connectivity index (χ1) is 12.2. The van der Waals surface area contributed by atoms with Gasteiger partial charge in [0.05, 0.1) is 18.5 Å². The third-order valence-corrected chi connectivity index (χ3v) is 4.92. The highest BCUT2D eigenvalue weighted by Gasteiger charge is 2.44. The van der Waals surface area contributed by atoms with Crippen LogP contribution in [-0.4, -0.2) is 64.5 Å². The molecule has 3 amide bonds. The van der Waals surface area contributed by atoms with Crippen molar-refractivity contribution >= 4 is 24.0 Å². The van der Waals surface area contributed by atoms with E-state index in [2.05, 4.69) is 5.32 Å². The molecule has 2 aliphatic rings. The van der Waals surface area contributed by atoms with Crippen molar-refractivity contribution in [1.82, 2.24) is 15.1 Å². The van der Waals surface area contributed by atoms with Gasteiger partial charge in [0.15, 0.2) is 0 Å². The van der Waals surface area contributed by atoms with E-state index in [1.807, 2.05) is 25.7 Å². The molecule has 146 valence electrons. The van der Waals surface area contributed by atoms with Gasteiger partial charge < -0.3 is 10.1 Å². The molecule has 2 saturated heterocycles. The van der Waals surface area contributed by atoms with Crippen LogP contribution in [0, 0.1) is 0 Å². The van der Waals surface area contributed by atoms with Crippen LogP contribution in [-0.2, 0) is 19.2 Å². The van der Waals surface area contributed by atoms with Gasteiger partial charge in [-0.05, 0) is 53.0 Å². The van der Waals surface area contributed by atoms with E-state index in [9.17, 15) is 19.2 Å². The lowest BCUT2D eigenvalue weighted by Gasteiger charge is -2.25. The third-order valence-electron chi connectivity index (χ3n) is 4.92. The van der Waals surface area contributed by atoms with Gasteiger partial charge in [0.1, 0.15) is 6.29 Å². The topological polar surface area (TPSA) is 86.8 Å². The fraction of sp³-hybridized carbons (Fsp3) is 0.789. The van der Waals surface area contributed by atoms with Gasteiger partial charge in [0, 0.05) is 18.5 Å². The Morgan fingerprint density at radius 3 is 2.62 bits per heavy atom. The molecule has 2 atom stereocenters. The quantitative estimate of drug-likeness (QED) is 0.397. The molecule has 1 N–H and O–H groups in total. The lowest BCUT2D eigenvalue weighted by molar-refractivity contribution is -0.140. The average Bonchev–Trinajstić information content (AvgIpc) is 3.11. The summed E-state index contributed by atoms with van der Waals surface area (Å²) in [5, 5.41) is 2.92. The molecular formula is C19H31N3O4. The van der Waals surface area contributed by atoms with E-state index in [0.717, 1.165) is 32.0 Å². The summed E-state index contributed by atoms with van der Waals surface area (Å²) < 4.78 is 0. The van der Waals surface area contributed by atoms with Gasteiger partial charge in [-0.1, -0.05) is 6.42 Å². The summed E-state index contributed by atoms with van der Waals surface area (Å²) in [5.41, 5.74) is -0.227. The molecule has 0 radical (unpaired) electrons. The molecule has 7 heteroatoms. The Bertz CT molecular complexity index is 555. The highest BCUT2D eigenvalue weighted by Crippen LogP contribution is 2.26. The van der Waals surface area contributed by atoms with E-state index >= 15 is 0 Å². The van der Waals surface area contributed by atoms with E-state index in [-0.39, 0.29) is 35.7 Å². The summed E-state index contributed by atoms with van der Waals surface area (Å²) in [5.74, 6) is -0.295. The highest BCUT2D eigenvalue weighted by molar-refractivity contribution is 6.05. The number of hydrogen-bond acceptors (Lipinski definition) is 5. The first-order valence-electron chi connectivity index (χ1n) is 9.59. The number of rotatable bonds is 8. The molecule has 2 rings (SSSR count). The maximum atomic E-state index is 12.6. The molecule has 7 nitrogen and oxygen atoms in total. The average molecular weight is 365 g/mol. The van der Waals surface area contributed by atoms with Gasteiger partial charge in [-0.2, -0.15) is 0 Å². The molecular weight excluding hydrogens is 334 g/mol. The number of carbonyl (C=O) groups is 4. The van der Waals surface area contributed by atoms with E-state index in [1.54, 1.807) is 0 Å². The molecule has 0 aromatic carbocycles. The van der Waals surface area contributed by atoms with Gasteiger partial charge in [-0.25, -0.2) is 0 Å². The monoisotopic (exact) mass is 365 g/mol. The van der Waals surface area contributed by atoms with Crippen molar-refractivity contribution in [3.63, 3.8) is 0 Å². The minimum absolute atomic E-state index is 0.0276. The van der Waals surface area contributed by atoms with E-state index in [4.69, 9.17) is 0 Å². The maximum absolute atomic E-state index is 12.6. The molecule has 0 aliphatic carbocycles. The Morgan fingerprint density at radius 1 is 1.23 bits per heavy atom.